The van der Waals surface area contributed by atoms with Gasteiger partial charge >= 0.3 is 0 Å². The highest BCUT2D eigenvalue weighted by Crippen LogP contribution is 2.42. The van der Waals surface area contributed by atoms with E-state index in [2.05, 4.69) is 5.32 Å². The molecule has 4 aromatic rings. The molecule has 1 heterocycles. The fourth-order valence-corrected chi connectivity index (χ4v) is 5.37. The SMILES string of the molecule is CS(=O)(=O)Cc1c(-c2ccccc2)nc2ccccc2c1C(=O)NC(c1cccc(F)c1)C1CC1. The lowest BCUT2D eigenvalue weighted by Crippen LogP contribution is -2.31. The van der Waals surface area contributed by atoms with Gasteiger partial charge in [0.1, 0.15) is 5.82 Å². The highest BCUT2D eigenvalue weighted by molar-refractivity contribution is 7.89. The molecule has 1 unspecified atom stereocenters. The minimum absolute atomic E-state index is 0.209. The molecule has 7 heteroatoms. The molecule has 5 rings (SSSR count). The molecule has 1 saturated carbocycles. The molecule has 1 aliphatic carbocycles. The third kappa shape index (κ3) is 5.10. The van der Waals surface area contributed by atoms with Crippen LogP contribution in [0.25, 0.3) is 22.2 Å². The van der Waals surface area contributed by atoms with Gasteiger partial charge in [0, 0.05) is 22.8 Å². The van der Waals surface area contributed by atoms with E-state index in [1.54, 1.807) is 18.2 Å². The van der Waals surface area contributed by atoms with Gasteiger partial charge in [-0.3, -0.25) is 4.79 Å². The summed E-state index contributed by atoms with van der Waals surface area (Å²) >= 11 is 0. The first-order valence-electron chi connectivity index (χ1n) is 11.5. The Bertz CT molecular complexity index is 1520. The van der Waals surface area contributed by atoms with Gasteiger partial charge in [0.25, 0.3) is 5.91 Å². The number of pyridine rings is 1. The number of nitrogens with zero attached hydrogens (tertiary/aromatic N) is 1. The van der Waals surface area contributed by atoms with Gasteiger partial charge in [0.15, 0.2) is 9.84 Å². The Kier molecular flexibility index (Phi) is 6.11. The zero-order valence-corrected chi connectivity index (χ0v) is 20.1. The molecule has 3 aromatic carbocycles. The molecule has 1 atom stereocenters. The van der Waals surface area contributed by atoms with Crippen molar-refractivity contribution < 1.29 is 17.6 Å². The largest absolute Gasteiger partial charge is 0.345 e. The van der Waals surface area contributed by atoms with Crippen LogP contribution in [-0.2, 0) is 15.6 Å². The standard InChI is InChI=1S/C28H25FN2O3S/c1-35(33,34)17-23-25(28(32)31-26(19-14-15-19)20-10-7-11-21(29)16-20)22-12-5-6-13-24(22)30-27(23)18-8-3-2-4-9-18/h2-13,16,19,26H,14-15,17H2,1H3,(H,31,32). The van der Waals surface area contributed by atoms with E-state index < -0.39 is 9.84 Å². The summed E-state index contributed by atoms with van der Waals surface area (Å²) in [6.45, 7) is 0. The normalized spacial score (nSPS) is 14.6. The molecule has 178 valence electrons. The van der Waals surface area contributed by atoms with Crippen molar-refractivity contribution in [3.05, 3.63) is 101 Å². The van der Waals surface area contributed by atoms with Crippen LogP contribution in [0.1, 0.15) is 40.4 Å². The number of carbonyl (C=O) groups excluding carboxylic acids is 1. The number of carbonyl (C=O) groups is 1. The summed E-state index contributed by atoms with van der Waals surface area (Å²) in [5.74, 6) is -0.867. The smallest absolute Gasteiger partial charge is 0.252 e. The maximum Gasteiger partial charge on any atom is 0.252 e. The zero-order valence-electron chi connectivity index (χ0n) is 19.2. The number of benzene rings is 3. The fourth-order valence-electron chi connectivity index (χ4n) is 4.56. The van der Waals surface area contributed by atoms with Crippen LogP contribution in [0.15, 0.2) is 78.9 Å². The number of aromatic nitrogens is 1. The molecular formula is C28H25FN2O3S. The first-order valence-corrected chi connectivity index (χ1v) is 13.6. The van der Waals surface area contributed by atoms with Crippen molar-refractivity contribution in [3.8, 4) is 11.3 Å². The lowest BCUT2D eigenvalue weighted by molar-refractivity contribution is 0.0932. The third-order valence-corrected chi connectivity index (χ3v) is 7.07. The van der Waals surface area contributed by atoms with Crippen LogP contribution < -0.4 is 5.32 Å². The Balaban J connectivity index is 1.69. The Labute approximate surface area is 203 Å². The monoisotopic (exact) mass is 488 g/mol. The first kappa shape index (κ1) is 23.2. The molecular weight excluding hydrogens is 463 g/mol. The minimum Gasteiger partial charge on any atom is -0.345 e. The van der Waals surface area contributed by atoms with Crippen LogP contribution in [-0.4, -0.2) is 25.6 Å². The molecule has 1 N–H and O–H groups in total. The average molecular weight is 489 g/mol. The van der Waals surface area contributed by atoms with Crippen molar-refractivity contribution in [2.75, 3.05) is 6.26 Å². The number of amides is 1. The molecule has 0 saturated heterocycles. The summed E-state index contributed by atoms with van der Waals surface area (Å²) in [7, 11) is -3.49. The molecule has 0 spiro atoms. The summed E-state index contributed by atoms with van der Waals surface area (Å²) in [6, 6.07) is 22.4. The number of hydrogen-bond donors (Lipinski definition) is 1. The Morgan fingerprint density at radius 1 is 1.03 bits per heavy atom. The van der Waals surface area contributed by atoms with Crippen LogP contribution in [0.4, 0.5) is 4.39 Å². The molecule has 1 amide bonds. The van der Waals surface area contributed by atoms with E-state index in [1.807, 2.05) is 48.5 Å². The Morgan fingerprint density at radius 3 is 2.43 bits per heavy atom. The van der Waals surface area contributed by atoms with Gasteiger partial charge in [-0.05, 0) is 42.5 Å². The van der Waals surface area contributed by atoms with Crippen LogP contribution in [0.3, 0.4) is 0 Å². The number of fused-ring (bicyclic) bond motifs is 1. The van der Waals surface area contributed by atoms with Crippen molar-refractivity contribution >= 4 is 26.6 Å². The lowest BCUT2D eigenvalue weighted by atomic mass is 9.95. The molecule has 5 nitrogen and oxygen atoms in total. The van der Waals surface area contributed by atoms with E-state index in [-0.39, 0.29) is 29.4 Å². The maximum atomic E-state index is 14.0. The summed E-state index contributed by atoms with van der Waals surface area (Å²) in [5.41, 5.74) is 3.16. The van der Waals surface area contributed by atoms with Crippen molar-refractivity contribution in [2.45, 2.75) is 24.6 Å². The number of para-hydroxylation sites is 1. The van der Waals surface area contributed by atoms with Crippen molar-refractivity contribution in [1.82, 2.24) is 10.3 Å². The topological polar surface area (TPSA) is 76.1 Å². The quantitative estimate of drug-likeness (QED) is 0.374. The number of rotatable bonds is 7. The second-order valence-corrected chi connectivity index (χ2v) is 11.3. The zero-order chi connectivity index (χ0) is 24.6. The van der Waals surface area contributed by atoms with Gasteiger partial charge in [-0.25, -0.2) is 17.8 Å². The molecule has 1 fully saturated rings. The number of hydrogen-bond acceptors (Lipinski definition) is 4. The second-order valence-electron chi connectivity index (χ2n) is 9.11. The molecule has 1 aromatic heterocycles. The summed E-state index contributed by atoms with van der Waals surface area (Å²) in [6.07, 6.45) is 3.02. The van der Waals surface area contributed by atoms with Gasteiger partial charge in [0.2, 0.25) is 0 Å². The van der Waals surface area contributed by atoms with Crippen LogP contribution >= 0.6 is 0 Å². The van der Waals surface area contributed by atoms with Crippen molar-refractivity contribution in [1.29, 1.82) is 0 Å². The highest BCUT2D eigenvalue weighted by Gasteiger charge is 2.35. The average Bonchev–Trinajstić information content (AvgIpc) is 3.67. The second kappa shape index (κ2) is 9.23. The predicted octanol–water partition coefficient (Wildman–Crippen LogP) is 5.47. The first-order chi connectivity index (χ1) is 16.8. The van der Waals surface area contributed by atoms with Crippen LogP contribution in [0, 0.1) is 11.7 Å². The minimum atomic E-state index is -3.49. The Hall–Kier alpha value is -3.58. The molecule has 0 radical (unpaired) electrons. The van der Waals surface area contributed by atoms with Gasteiger partial charge in [0.05, 0.1) is 28.6 Å². The van der Waals surface area contributed by atoms with E-state index in [9.17, 15) is 17.6 Å². The number of nitrogens with one attached hydrogen (secondary N) is 1. The number of halogens is 1. The predicted molar refractivity (Wildman–Crippen MR) is 135 cm³/mol. The van der Waals surface area contributed by atoms with Gasteiger partial charge < -0.3 is 5.32 Å². The third-order valence-electron chi connectivity index (χ3n) is 6.26. The maximum absolute atomic E-state index is 14.0. The van der Waals surface area contributed by atoms with E-state index in [0.29, 0.717) is 33.3 Å². The summed E-state index contributed by atoms with van der Waals surface area (Å²) in [5, 5.41) is 3.69. The lowest BCUT2D eigenvalue weighted by Gasteiger charge is -2.22. The number of sulfone groups is 1. The molecule has 0 aliphatic heterocycles. The van der Waals surface area contributed by atoms with Gasteiger partial charge in [-0.1, -0.05) is 60.7 Å². The van der Waals surface area contributed by atoms with E-state index in [1.165, 1.54) is 12.1 Å². The van der Waals surface area contributed by atoms with Gasteiger partial charge in [-0.2, -0.15) is 0 Å². The molecule has 1 aliphatic rings. The van der Waals surface area contributed by atoms with Crippen molar-refractivity contribution in [2.24, 2.45) is 5.92 Å². The molecule has 0 bridgehead atoms. The van der Waals surface area contributed by atoms with Gasteiger partial charge in [-0.15, -0.1) is 0 Å². The van der Waals surface area contributed by atoms with Crippen LogP contribution in [0.2, 0.25) is 0 Å². The molecule has 35 heavy (non-hydrogen) atoms. The van der Waals surface area contributed by atoms with E-state index >= 15 is 0 Å². The van der Waals surface area contributed by atoms with E-state index in [0.717, 1.165) is 24.7 Å². The van der Waals surface area contributed by atoms with E-state index in [4.69, 9.17) is 4.98 Å². The fraction of sp³-hybridized carbons (Fsp3) is 0.214. The van der Waals surface area contributed by atoms with Crippen molar-refractivity contribution in [3.63, 3.8) is 0 Å². The Morgan fingerprint density at radius 2 is 1.74 bits per heavy atom. The summed E-state index contributed by atoms with van der Waals surface area (Å²) in [4.78, 5) is 18.7. The summed E-state index contributed by atoms with van der Waals surface area (Å²) < 4.78 is 39.0. The van der Waals surface area contributed by atoms with Crippen LogP contribution in [0.5, 0.6) is 0 Å². The highest BCUT2D eigenvalue weighted by atomic mass is 32.2.